The van der Waals surface area contributed by atoms with Gasteiger partial charge in [0.25, 0.3) is 0 Å². The first-order valence-corrected chi connectivity index (χ1v) is 7.59. The second-order valence-electron chi connectivity index (χ2n) is 6.92. The van der Waals surface area contributed by atoms with Crippen LogP contribution in [0.25, 0.3) is 0 Å². The summed E-state index contributed by atoms with van der Waals surface area (Å²) in [5.41, 5.74) is 6.27. The predicted octanol–water partition coefficient (Wildman–Crippen LogP) is 3.28. The zero-order valence-corrected chi connectivity index (χ0v) is 12.4. The van der Waals surface area contributed by atoms with Gasteiger partial charge in [-0.05, 0) is 57.7 Å². The molecule has 19 heavy (non-hydrogen) atoms. The largest absolute Gasteiger partial charge is 0.464 e. The summed E-state index contributed by atoms with van der Waals surface area (Å²) in [7, 11) is 0. The molecule has 3 atom stereocenters. The summed E-state index contributed by atoms with van der Waals surface area (Å²) in [6.45, 7) is 8.68. The Morgan fingerprint density at radius 2 is 2.21 bits per heavy atom. The van der Waals surface area contributed by atoms with Gasteiger partial charge in [0.1, 0.15) is 11.5 Å². The highest BCUT2D eigenvalue weighted by Crippen LogP contribution is 2.48. The Morgan fingerprint density at radius 3 is 2.74 bits per heavy atom. The zero-order valence-electron chi connectivity index (χ0n) is 12.4. The molecule has 3 rings (SSSR count). The zero-order chi connectivity index (χ0) is 13.6. The summed E-state index contributed by atoms with van der Waals surface area (Å²) in [5, 5.41) is 0. The van der Waals surface area contributed by atoms with Crippen LogP contribution in [0.1, 0.15) is 63.5 Å². The molecule has 0 amide bonds. The molecule has 2 heterocycles. The fraction of sp³-hybridized carbons (Fsp3) is 0.750. The van der Waals surface area contributed by atoms with Gasteiger partial charge in [0, 0.05) is 18.0 Å². The van der Waals surface area contributed by atoms with Crippen LogP contribution in [0.3, 0.4) is 0 Å². The molecule has 1 saturated carbocycles. The Hall–Kier alpha value is -0.800. The monoisotopic (exact) mass is 262 g/mol. The van der Waals surface area contributed by atoms with Crippen LogP contribution in [0.15, 0.2) is 16.5 Å². The first-order valence-electron chi connectivity index (χ1n) is 7.59. The van der Waals surface area contributed by atoms with Crippen LogP contribution in [0.4, 0.5) is 0 Å². The average molecular weight is 262 g/mol. The van der Waals surface area contributed by atoms with E-state index in [1.807, 2.05) is 0 Å². The number of nitrogens with zero attached hydrogens (tertiary/aromatic N) is 1. The molecule has 0 radical (unpaired) electrons. The van der Waals surface area contributed by atoms with Crippen molar-refractivity contribution in [2.75, 3.05) is 13.1 Å². The number of nitrogens with two attached hydrogens (primary N) is 1. The number of rotatable bonds is 4. The van der Waals surface area contributed by atoms with Crippen molar-refractivity contribution in [1.82, 2.24) is 4.90 Å². The molecule has 1 saturated heterocycles. The number of hydrogen-bond donors (Lipinski definition) is 1. The minimum atomic E-state index is 0.236. The maximum Gasteiger partial charge on any atom is 0.122 e. The van der Waals surface area contributed by atoms with E-state index in [1.54, 1.807) is 0 Å². The number of likely N-dealkylation sites (tertiary alicyclic amines) is 1. The average Bonchev–Trinajstić information content (AvgIpc) is 2.76. The van der Waals surface area contributed by atoms with Gasteiger partial charge in [-0.1, -0.05) is 6.92 Å². The van der Waals surface area contributed by atoms with Gasteiger partial charge in [0.2, 0.25) is 0 Å². The van der Waals surface area contributed by atoms with Gasteiger partial charge in [-0.3, -0.25) is 4.90 Å². The highest BCUT2D eigenvalue weighted by Gasteiger charge is 2.40. The SMILES string of the molecule is CC1CC1c1ccc(C(CN)N2CCCC2(C)C)o1. The fourth-order valence-corrected chi connectivity index (χ4v) is 3.57. The van der Waals surface area contributed by atoms with Crippen LogP contribution in [0, 0.1) is 5.92 Å². The van der Waals surface area contributed by atoms with Gasteiger partial charge >= 0.3 is 0 Å². The number of hydrogen-bond acceptors (Lipinski definition) is 3. The van der Waals surface area contributed by atoms with E-state index in [2.05, 4.69) is 37.8 Å². The quantitative estimate of drug-likeness (QED) is 0.905. The third-order valence-corrected chi connectivity index (χ3v) is 5.02. The van der Waals surface area contributed by atoms with Gasteiger partial charge in [0.05, 0.1) is 6.04 Å². The lowest BCUT2D eigenvalue weighted by molar-refractivity contribution is 0.104. The highest BCUT2D eigenvalue weighted by atomic mass is 16.3. The molecule has 0 bridgehead atoms. The molecule has 2 aliphatic rings. The molecular weight excluding hydrogens is 236 g/mol. The van der Waals surface area contributed by atoms with Gasteiger partial charge in [0.15, 0.2) is 0 Å². The van der Waals surface area contributed by atoms with Gasteiger partial charge in [-0.25, -0.2) is 0 Å². The Morgan fingerprint density at radius 1 is 1.47 bits per heavy atom. The molecule has 1 aromatic heterocycles. The second kappa shape index (κ2) is 4.64. The molecule has 0 spiro atoms. The van der Waals surface area contributed by atoms with Crippen LogP contribution in [0.5, 0.6) is 0 Å². The third kappa shape index (κ3) is 2.34. The van der Waals surface area contributed by atoms with Gasteiger partial charge in [-0.15, -0.1) is 0 Å². The van der Waals surface area contributed by atoms with Crippen molar-refractivity contribution >= 4 is 0 Å². The van der Waals surface area contributed by atoms with Crippen molar-refractivity contribution in [3.05, 3.63) is 23.7 Å². The molecule has 3 heteroatoms. The number of furan rings is 1. The molecule has 3 unspecified atom stereocenters. The van der Waals surface area contributed by atoms with E-state index < -0.39 is 0 Å². The standard InChI is InChI=1S/C16H26N2O/c1-11-9-12(11)14-5-6-15(19-14)13(10-17)18-8-4-7-16(18,2)3/h5-6,11-13H,4,7-10,17H2,1-3H3. The second-order valence-corrected chi connectivity index (χ2v) is 6.92. The van der Waals surface area contributed by atoms with E-state index in [4.69, 9.17) is 10.2 Å². The molecule has 1 aliphatic heterocycles. The van der Waals surface area contributed by atoms with E-state index in [9.17, 15) is 0 Å². The predicted molar refractivity (Wildman–Crippen MR) is 77.0 cm³/mol. The fourth-order valence-electron chi connectivity index (χ4n) is 3.57. The Bertz CT molecular complexity index is 451. The third-order valence-electron chi connectivity index (χ3n) is 5.02. The Kier molecular flexibility index (Phi) is 3.22. The minimum absolute atomic E-state index is 0.236. The van der Waals surface area contributed by atoms with E-state index in [-0.39, 0.29) is 11.6 Å². The van der Waals surface area contributed by atoms with Gasteiger partial charge < -0.3 is 10.2 Å². The van der Waals surface area contributed by atoms with Crippen LogP contribution in [0.2, 0.25) is 0 Å². The Labute approximate surface area is 116 Å². The van der Waals surface area contributed by atoms with Crippen LogP contribution in [-0.4, -0.2) is 23.5 Å². The summed E-state index contributed by atoms with van der Waals surface area (Å²) < 4.78 is 6.12. The van der Waals surface area contributed by atoms with Crippen molar-refractivity contribution in [1.29, 1.82) is 0 Å². The van der Waals surface area contributed by atoms with E-state index in [0.29, 0.717) is 12.5 Å². The summed E-state index contributed by atoms with van der Waals surface area (Å²) in [6.07, 6.45) is 3.78. The Balaban J connectivity index is 1.80. The van der Waals surface area contributed by atoms with Crippen LogP contribution >= 0.6 is 0 Å². The molecule has 3 nitrogen and oxygen atoms in total. The highest BCUT2D eigenvalue weighted by molar-refractivity contribution is 5.20. The van der Waals surface area contributed by atoms with Crippen LogP contribution in [-0.2, 0) is 0 Å². The molecular formula is C16H26N2O. The lowest BCUT2D eigenvalue weighted by Gasteiger charge is -2.36. The van der Waals surface area contributed by atoms with Crippen molar-refractivity contribution in [2.24, 2.45) is 11.7 Å². The van der Waals surface area contributed by atoms with Crippen molar-refractivity contribution < 1.29 is 4.42 Å². The maximum atomic E-state index is 6.12. The summed E-state index contributed by atoms with van der Waals surface area (Å²) in [5.74, 6) is 3.67. The lowest BCUT2D eigenvalue weighted by Crippen LogP contribution is -2.43. The summed E-state index contributed by atoms with van der Waals surface area (Å²) in [4.78, 5) is 2.52. The minimum Gasteiger partial charge on any atom is -0.464 e. The molecule has 2 N–H and O–H groups in total. The molecule has 106 valence electrons. The smallest absolute Gasteiger partial charge is 0.122 e. The molecule has 1 aliphatic carbocycles. The van der Waals surface area contributed by atoms with Crippen LogP contribution < -0.4 is 5.73 Å². The maximum absolute atomic E-state index is 6.12. The van der Waals surface area contributed by atoms with E-state index >= 15 is 0 Å². The lowest BCUT2D eigenvalue weighted by atomic mass is 10.00. The van der Waals surface area contributed by atoms with E-state index in [0.717, 1.165) is 24.0 Å². The van der Waals surface area contributed by atoms with E-state index in [1.165, 1.54) is 19.3 Å². The van der Waals surface area contributed by atoms with Crippen molar-refractivity contribution in [3.63, 3.8) is 0 Å². The van der Waals surface area contributed by atoms with Crippen molar-refractivity contribution in [2.45, 2.75) is 57.5 Å². The normalized spacial score (nSPS) is 31.6. The first kappa shape index (κ1) is 13.2. The first-order chi connectivity index (χ1) is 9.03. The summed E-state index contributed by atoms with van der Waals surface area (Å²) in [6, 6.07) is 4.54. The molecule has 0 aromatic carbocycles. The molecule has 1 aromatic rings. The van der Waals surface area contributed by atoms with Crippen molar-refractivity contribution in [3.8, 4) is 0 Å². The van der Waals surface area contributed by atoms with Gasteiger partial charge in [-0.2, -0.15) is 0 Å². The summed E-state index contributed by atoms with van der Waals surface area (Å²) >= 11 is 0. The topological polar surface area (TPSA) is 42.4 Å². The molecule has 2 fully saturated rings.